The van der Waals surface area contributed by atoms with Crippen molar-refractivity contribution >= 4 is 0 Å². The molecule has 102 valence electrons. The summed E-state index contributed by atoms with van der Waals surface area (Å²) in [6, 6.07) is 2.38. The SMILES string of the molecule is CCCC[C@H]1CO[C@H]([C@H]2CC[C@H](C#N)CC2)OC1. The molecule has 1 saturated carbocycles. The van der Waals surface area contributed by atoms with Gasteiger partial charge < -0.3 is 9.47 Å². The van der Waals surface area contributed by atoms with Crippen LogP contribution in [0, 0.1) is 29.1 Å². The monoisotopic (exact) mass is 251 g/mol. The van der Waals surface area contributed by atoms with Gasteiger partial charge in [0.2, 0.25) is 0 Å². The fourth-order valence-corrected chi connectivity index (χ4v) is 3.01. The summed E-state index contributed by atoms with van der Waals surface area (Å²) in [5.41, 5.74) is 0. The van der Waals surface area contributed by atoms with E-state index in [1.54, 1.807) is 0 Å². The summed E-state index contributed by atoms with van der Waals surface area (Å²) in [6.45, 7) is 3.95. The van der Waals surface area contributed by atoms with Crippen molar-refractivity contribution in [1.82, 2.24) is 0 Å². The normalized spacial score (nSPS) is 37.1. The highest BCUT2D eigenvalue weighted by atomic mass is 16.7. The first kappa shape index (κ1) is 13.8. The van der Waals surface area contributed by atoms with Crippen LogP contribution < -0.4 is 0 Å². The largest absolute Gasteiger partial charge is 0.352 e. The van der Waals surface area contributed by atoms with Crippen LogP contribution in [0.4, 0.5) is 0 Å². The minimum atomic E-state index is 0.00233. The van der Waals surface area contributed by atoms with Crippen LogP contribution in [-0.4, -0.2) is 19.5 Å². The van der Waals surface area contributed by atoms with Crippen LogP contribution in [0.15, 0.2) is 0 Å². The number of hydrogen-bond acceptors (Lipinski definition) is 3. The molecule has 0 aromatic carbocycles. The Morgan fingerprint density at radius 3 is 2.33 bits per heavy atom. The van der Waals surface area contributed by atoms with E-state index in [9.17, 15) is 0 Å². The Morgan fingerprint density at radius 2 is 1.78 bits per heavy atom. The number of rotatable bonds is 4. The van der Waals surface area contributed by atoms with E-state index in [1.165, 1.54) is 19.3 Å². The predicted molar refractivity (Wildman–Crippen MR) is 69.8 cm³/mol. The quantitative estimate of drug-likeness (QED) is 0.768. The number of unbranched alkanes of at least 4 members (excludes halogenated alkanes) is 1. The summed E-state index contributed by atoms with van der Waals surface area (Å²) in [5, 5.41) is 8.89. The Labute approximate surface area is 110 Å². The zero-order valence-corrected chi connectivity index (χ0v) is 11.4. The third-order valence-corrected chi connectivity index (χ3v) is 4.30. The van der Waals surface area contributed by atoms with E-state index >= 15 is 0 Å². The molecule has 1 saturated heterocycles. The van der Waals surface area contributed by atoms with Gasteiger partial charge in [-0.05, 0) is 32.1 Å². The van der Waals surface area contributed by atoms with Gasteiger partial charge in [-0.3, -0.25) is 0 Å². The van der Waals surface area contributed by atoms with Gasteiger partial charge in [-0.2, -0.15) is 5.26 Å². The topological polar surface area (TPSA) is 42.2 Å². The third-order valence-electron chi connectivity index (χ3n) is 4.30. The molecule has 2 aliphatic rings. The first-order chi connectivity index (χ1) is 8.83. The molecule has 1 aliphatic carbocycles. The lowest BCUT2D eigenvalue weighted by molar-refractivity contribution is -0.229. The van der Waals surface area contributed by atoms with Crippen molar-refractivity contribution in [3.63, 3.8) is 0 Å². The Hall–Kier alpha value is -0.590. The first-order valence-electron chi connectivity index (χ1n) is 7.46. The summed E-state index contributed by atoms with van der Waals surface area (Å²) in [6.07, 6.45) is 7.96. The minimum absolute atomic E-state index is 0.00233. The summed E-state index contributed by atoms with van der Waals surface area (Å²) in [5.74, 6) is 1.38. The average Bonchev–Trinajstić information content (AvgIpc) is 2.46. The fraction of sp³-hybridized carbons (Fsp3) is 0.933. The van der Waals surface area contributed by atoms with Crippen molar-refractivity contribution in [3.05, 3.63) is 0 Å². The molecule has 0 aromatic heterocycles. The van der Waals surface area contributed by atoms with E-state index < -0.39 is 0 Å². The van der Waals surface area contributed by atoms with Gasteiger partial charge >= 0.3 is 0 Å². The van der Waals surface area contributed by atoms with Crippen molar-refractivity contribution in [2.45, 2.75) is 58.2 Å². The van der Waals surface area contributed by atoms with Gasteiger partial charge in [0.05, 0.1) is 19.3 Å². The molecule has 0 unspecified atom stereocenters. The van der Waals surface area contributed by atoms with Gasteiger partial charge in [-0.15, -0.1) is 0 Å². The van der Waals surface area contributed by atoms with Crippen molar-refractivity contribution in [2.24, 2.45) is 17.8 Å². The molecule has 1 aliphatic heterocycles. The van der Waals surface area contributed by atoms with Gasteiger partial charge in [0.15, 0.2) is 6.29 Å². The predicted octanol–water partition coefficient (Wildman–Crippen LogP) is 3.50. The lowest BCUT2D eigenvalue weighted by Crippen LogP contribution is -2.38. The molecule has 2 rings (SSSR count). The van der Waals surface area contributed by atoms with E-state index in [2.05, 4.69) is 13.0 Å². The highest BCUT2D eigenvalue weighted by Gasteiger charge is 2.32. The summed E-state index contributed by atoms with van der Waals surface area (Å²) in [4.78, 5) is 0. The van der Waals surface area contributed by atoms with Crippen molar-refractivity contribution in [2.75, 3.05) is 13.2 Å². The Balaban J connectivity index is 1.69. The van der Waals surface area contributed by atoms with Gasteiger partial charge in [0.1, 0.15) is 0 Å². The second kappa shape index (κ2) is 7.11. The van der Waals surface area contributed by atoms with Crippen LogP contribution in [0.1, 0.15) is 51.9 Å². The molecule has 0 N–H and O–H groups in total. The summed E-state index contributed by atoms with van der Waals surface area (Å²) >= 11 is 0. The van der Waals surface area contributed by atoms with E-state index in [0.29, 0.717) is 11.8 Å². The molecule has 0 amide bonds. The smallest absolute Gasteiger partial charge is 0.160 e. The van der Waals surface area contributed by atoms with Crippen molar-refractivity contribution in [3.8, 4) is 6.07 Å². The molecule has 0 bridgehead atoms. The molecule has 3 nitrogen and oxygen atoms in total. The second-order valence-corrected chi connectivity index (χ2v) is 5.78. The summed E-state index contributed by atoms with van der Waals surface area (Å²) < 4.78 is 11.8. The molecule has 3 heteroatoms. The minimum Gasteiger partial charge on any atom is -0.352 e. The molecule has 0 spiro atoms. The first-order valence-corrected chi connectivity index (χ1v) is 7.46. The van der Waals surface area contributed by atoms with E-state index in [-0.39, 0.29) is 12.2 Å². The molecule has 0 radical (unpaired) electrons. The van der Waals surface area contributed by atoms with Crippen LogP contribution in [-0.2, 0) is 9.47 Å². The molecule has 18 heavy (non-hydrogen) atoms. The maximum Gasteiger partial charge on any atom is 0.160 e. The van der Waals surface area contributed by atoms with Crippen LogP contribution in [0.3, 0.4) is 0 Å². The van der Waals surface area contributed by atoms with E-state index in [4.69, 9.17) is 14.7 Å². The molecule has 0 atom stereocenters. The standard InChI is InChI=1S/C15H25NO2/c1-2-3-4-13-10-17-15(18-11-13)14-7-5-12(9-16)6-8-14/h12-15H,2-8,10-11H2,1H3/t12-,13-,14-,15-. The van der Waals surface area contributed by atoms with E-state index in [1.807, 2.05) is 0 Å². The maximum atomic E-state index is 8.89. The molecular formula is C15H25NO2. The van der Waals surface area contributed by atoms with E-state index in [0.717, 1.165) is 38.9 Å². The third kappa shape index (κ3) is 3.70. The zero-order valence-electron chi connectivity index (χ0n) is 11.4. The maximum absolute atomic E-state index is 8.89. The molecule has 2 fully saturated rings. The van der Waals surface area contributed by atoms with Crippen LogP contribution in [0.5, 0.6) is 0 Å². The number of nitrogens with zero attached hydrogens (tertiary/aromatic N) is 1. The van der Waals surface area contributed by atoms with Gasteiger partial charge in [0, 0.05) is 17.8 Å². The fourth-order valence-electron chi connectivity index (χ4n) is 3.01. The van der Waals surface area contributed by atoms with Crippen LogP contribution >= 0.6 is 0 Å². The average molecular weight is 251 g/mol. The van der Waals surface area contributed by atoms with Gasteiger partial charge in [-0.25, -0.2) is 0 Å². The lowest BCUT2D eigenvalue weighted by Gasteiger charge is -2.36. The zero-order chi connectivity index (χ0) is 12.8. The Bertz CT molecular complexity index is 271. The number of ether oxygens (including phenoxy) is 2. The lowest BCUT2D eigenvalue weighted by atomic mass is 9.82. The number of hydrogen-bond donors (Lipinski definition) is 0. The Morgan fingerprint density at radius 1 is 1.11 bits per heavy atom. The van der Waals surface area contributed by atoms with Crippen LogP contribution in [0.2, 0.25) is 0 Å². The Kier molecular flexibility index (Phi) is 5.46. The molecular weight excluding hydrogens is 226 g/mol. The van der Waals surface area contributed by atoms with Gasteiger partial charge in [-0.1, -0.05) is 19.8 Å². The van der Waals surface area contributed by atoms with Gasteiger partial charge in [0.25, 0.3) is 0 Å². The number of nitriles is 1. The molecule has 1 heterocycles. The van der Waals surface area contributed by atoms with Crippen molar-refractivity contribution in [1.29, 1.82) is 5.26 Å². The second-order valence-electron chi connectivity index (χ2n) is 5.78. The highest BCUT2D eigenvalue weighted by Crippen LogP contribution is 2.33. The summed E-state index contributed by atoms with van der Waals surface area (Å²) in [7, 11) is 0. The van der Waals surface area contributed by atoms with Crippen LogP contribution in [0.25, 0.3) is 0 Å². The van der Waals surface area contributed by atoms with Crippen molar-refractivity contribution < 1.29 is 9.47 Å². The highest BCUT2D eigenvalue weighted by molar-refractivity contribution is 4.88. The molecule has 0 aromatic rings.